The minimum atomic E-state index is -0.538. The minimum Gasteiger partial charge on any atom is -0.374 e. The van der Waals surface area contributed by atoms with Gasteiger partial charge in [0, 0.05) is 14.2 Å². The second kappa shape index (κ2) is 5.59. The molecule has 0 bridgehead atoms. The number of benzene rings is 1. The molecule has 0 saturated carbocycles. The summed E-state index contributed by atoms with van der Waals surface area (Å²) in [7, 11) is 2.96. The van der Waals surface area contributed by atoms with Crippen LogP contribution in [-0.2, 0) is 9.47 Å². The Morgan fingerprint density at radius 2 is 2.16 bits per heavy atom. The van der Waals surface area contributed by atoms with Gasteiger partial charge < -0.3 is 14.8 Å². The van der Waals surface area contributed by atoms with E-state index in [4.69, 9.17) is 9.47 Å². The van der Waals surface area contributed by atoms with Gasteiger partial charge in [0.15, 0.2) is 6.29 Å². The Balaban J connectivity index is 2.31. The van der Waals surface area contributed by atoms with E-state index in [0.717, 1.165) is 0 Å². The van der Waals surface area contributed by atoms with E-state index in [1.165, 1.54) is 20.3 Å². The molecular formula is C10H12N4O5. The van der Waals surface area contributed by atoms with Crippen molar-refractivity contribution in [3.63, 3.8) is 0 Å². The summed E-state index contributed by atoms with van der Waals surface area (Å²) >= 11 is 0. The molecule has 2 aromatic rings. The second-order valence-electron chi connectivity index (χ2n) is 3.63. The first-order chi connectivity index (χ1) is 9.17. The van der Waals surface area contributed by atoms with Crippen molar-refractivity contribution in [2.24, 2.45) is 0 Å². The van der Waals surface area contributed by atoms with E-state index in [0.29, 0.717) is 11.2 Å². The Bertz CT molecular complexity index is 580. The van der Waals surface area contributed by atoms with Crippen LogP contribution < -0.4 is 5.32 Å². The number of ether oxygens (including phenoxy) is 2. The van der Waals surface area contributed by atoms with Gasteiger partial charge >= 0.3 is 5.69 Å². The standard InChI is InChI=1S/C10H12N4O5/c1-17-8(18-2)5-11-7-4-3-6-9(13-19-12-6)10(7)14(15)16/h3-4,8,11H,5H2,1-2H3. The van der Waals surface area contributed by atoms with Crippen LogP contribution >= 0.6 is 0 Å². The summed E-state index contributed by atoms with van der Waals surface area (Å²) < 4.78 is 14.5. The summed E-state index contributed by atoms with van der Waals surface area (Å²) in [5.74, 6) is 0. The molecule has 0 fully saturated rings. The van der Waals surface area contributed by atoms with E-state index < -0.39 is 11.2 Å². The van der Waals surface area contributed by atoms with Gasteiger partial charge in [0.05, 0.1) is 11.5 Å². The van der Waals surface area contributed by atoms with Crippen LogP contribution in [0.15, 0.2) is 16.8 Å². The van der Waals surface area contributed by atoms with Crippen molar-refractivity contribution in [3.05, 3.63) is 22.2 Å². The normalized spacial score (nSPS) is 11.1. The maximum atomic E-state index is 11.1. The number of nitrogens with zero attached hydrogens (tertiary/aromatic N) is 3. The molecule has 0 amide bonds. The van der Waals surface area contributed by atoms with E-state index in [-0.39, 0.29) is 17.7 Å². The third kappa shape index (κ3) is 2.61. The third-order valence-corrected chi connectivity index (χ3v) is 2.57. The van der Waals surface area contributed by atoms with Gasteiger partial charge in [-0.25, -0.2) is 4.63 Å². The molecule has 9 heteroatoms. The third-order valence-electron chi connectivity index (χ3n) is 2.57. The number of hydrogen-bond donors (Lipinski definition) is 1. The zero-order chi connectivity index (χ0) is 13.8. The molecule has 0 aliphatic rings. The Hall–Kier alpha value is -2.26. The van der Waals surface area contributed by atoms with Gasteiger partial charge in [-0.2, -0.15) is 0 Å². The zero-order valence-corrected chi connectivity index (χ0v) is 10.3. The highest BCUT2D eigenvalue weighted by Gasteiger charge is 2.22. The van der Waals surface area contributed by atoms with Crippen LogP contribution in [0.25, 0.3) is 11.0 Å². The summed E-state index contributed by atoms with van der Waals surface area (Å²) in [6, 6.07) is 3.11. The lowest BCUT2D eigenvalue weighted by molar-refractivity contribution is -0.382. The fraction of sp³-hybridized carbons (Fsp3) is 0.400. The molecule has 102 valence electrons. The van der Waals surface area contributed by atoms with Gasteiger partial charge in [0.25, 0.3) is 0 Å². The topological polar surface area (TPSA) is 113 Å². The Labute approximate surface area is 107 Å². The van der Waals surface area contributed by atoms with Crippen molar-refractivity contribution < 1.29 is 19.0 Å². The first kappa shape index (κ1) is 13.2. The molecule has 0 radical (unpaired) electrons. The molecule has 0 spiro atoms. The molecule has 1 heterocycles. The lowest BCUT2D eigenvalue weighted by Crippen LogP contribution is -2.23. The molecule has 0 aliphatic carbocycles. The first-order valence-corrected chi connectivity index (χ1v) is 5.36. The smallest absolute Gasteiger partial charge is 0.323 e. The predicted molar refractivity (Wildman–Crippen MR) is 64.8 cm³/mol. The molecular weight excluding hydrogens is 256 g/mol. The number of rotatable bonds is 6. The quantitative estimate of drug-likeness (QED) is 0.471. The maximum absolute atomic E-state index is 11.1. The average molecular weight is 268 g/mol. The first-order valence-electron chi connectivity index (χ1n) is 5.36. The van der Waals surface area contributed by atoms with E-state index in [9.17, 15) is 10.1 Å². The van der Waals surface area contributed by atoms with Crippen LogP contribution in [0.5, 0.6) is 0 Å². The molecule has 1 aromatic heterocycles. The van der Waals surface area contributed by atoms with Crippen LogP contribution in [-0.4, -0.2) is 42.3 Å². The Morgan fingerprint density at radius 3 is 2.79 bits per heavy atom. The molecule has 2 rings (SSSR count). The summed E-state index contributed by atoms with van der Waals surface area (Å²) in [4.78, 5) is 10.6. The molecule has 1 aromatic carbocycles. The van der Waals surface area contributed by atoms with Crippen LogP contribution in [0.1, 0.15) is 0 Å². The number of hydrogen-bond acceptors (Lipinski definition) is 8. The average Bonchev–Trinajstić information content (AvgIpc) is 2.87. The van der Waals surface area contributed by atoms with Crippen molar-refractivity contribution in [2.45, 2.75) is 6.29 Å². The predicted octanol–water partition coefficient (Wildman–Crippen LogP) is 1.16. The maximum Gasteiger partial charge on any atom is 0.323 e. The van der Waals surface area contributed by atoms with E-state index in [1.54, 1.807) is 6.07 Å². The largest absolute Gasteiger partial charge is 0.374 e. The van der Waals surface area contributed by atoms with Crippen LogP contribution in [0.4, 0.5) is 11.4 Å². The molecule has 9 nitrogen and oxygen atoms in total. The van der Waals surface area contributed by atoms with Crippen molar-refractivity contribution in [3.8, 4) is 0 Å². The van der Waals surface area contributed by atoms with Gasteiger partial charge in [0.1, 0.15) is 11.2 Å². The molecule has 0 saturated heterocycles. The summed E-state index contributed by atoms with van der Waals surface area (Å²) in [5.41, 5.74) is 0.533. The lowest BCUT2D eigenvalue weighted by Gasteiger charge is -2.14. The monoisotopic (exact) mass is 268 g/mol. The van der Waals surface area contributed by atoms with Gasteiger partial charge in [-0.05, 0) is 22.4 Å². The summed E-state index contributed by atoms with van der Waals surface area (Å²) in [5, 5.41) is 21.1. The Kier molecular flexibility index (Phi) is 3.88. The van der Waals surface area contributed by atoms with E-state index in [2.05, 4.69) is 20.3 Å². The van der Waals surface area contributed by atoms with Crippen LogP contribution in [0, 0.1) is 10.1 Å². The Morgan fingerprint density at radius 1 is 1.42 bits per heavy atom. The van der Waals surface area contributed by atoms with Gasteiger partial charge in [-0.15, -0.1) is 0 Å². The van der Waals surface area contributed by atoms with Crippen molar-refractivity contribution >= 4 is 22.4 Å². The second-order valence-corrected chi connectivity index (χ2v) is 3.63. The van der Waals surface area contributed by atoms with Crippen molar-refractivity contribution in [2.75, 3.05) is 26.1 Å². The number of nitrogens with one attached hydrogen (secondary N) is 1. The van der Waals surface area contributed by atoms with Crippen LogP contribution in [0.2, 0.25) is 0 Å². The number of aromatic nitrogens is 2. The van der Waals surface area contributed by atoms with E-state index in [1.807, 2.05) is 0 Å². The highest BCUT2D eigenvalue weighted by Crippen LogP contribution is 2.31. The molecule has 0 atom stereocenters. The molecule has 19 heavy (non-hydrogen) atoms. The fourth-order valence-corrected chi connectivity index (χ4v) is 1.62. The summed E-state index contributed by atoms with van der Waals surface area (Å²) in [6.45, 7) is 0.255. The highest BCUT2D eigenvalue weighted by molar-refractivity contribution is 5.90. The SMILES string of the molecule is COC(CNc1ccc2nonc2c1[N+](=O)[O-])OC. The number of anilines is 1. The van der Waals surface area contributed by atoms with Crippen molar-refractivity contribution in [1.82, 2.24) is 10.3 Å². The summed E-state index contributed by atoms with van der Waals surface area (Å²) in [6.07, 6.45) is -0.509. The number of nitro benzene ring substituents is 1. The van der Waals surface area contributed by atoms with Gasteiger partial charge in [-0.3, -0.25) is 10.1 Å². The van der Waals surface area contributed by atoms with E-state index >= 15 is 0 Å². The number of fused-ring (bicyclic) bond motifs is 1. The number of nitro groups is 1. The fourth-order valence-electron chi connectivity index (χ4n) is 1.62. The van der Waals surface area contributed by atoms with Crippen molar-refractivity contribution in [1.29, 1.82) is 0 Å². The van der Waals surface area contributed by atoms with Gasteiger partial charge in [0.2, 0.25) is 5.52 Å². The zero-order valence-electron chi connectivity index (χ0n) is 10.3. The van der Waals surface area contributed by atoms with Gasteiger partial charge in [-0.1, -0.05) is 0 Å². The molecule has 1 N–H and O–H groups in total. The highest BCUT2D eigenvalue weighted by atomic mass is 16.7. The van der Waals surface area contributed by atoms with Crippen LogP contribution in [0.3, 0.4) is 0 Å². The lowest BCUT2D eigenvalue weighted by atomic mass is 10.2. The molecule has 0 aliphatic heterocycles. The number of methoxy groups -OCH3 is 2. The molecule has 0 unspecified atom stereocenters. The minimum absolute atomic E-state index is 0.0985.